The first-order valence-corrected chi connectivity index (χ1v) is 8.87. The summed E-state index contributed by atoms with van der Waals surface area (Å²) in [4.78, 5) is 19.1. The van der Waals surface area contributed by atoms with E-state index in [2.05, 4.69) is 53.5 Å². The molecule has 0 unspecified atom stereocenters. The number of amides is 2. The molecule has 0 aliphatic carbocycles. The van der Waals surface area contributed by atoms with Crippen molar-refractivity contribution < 1.29 is 4.79 Å². The summed E-state index contributed by atoms with van der Waals surface area (Å²) in [5.74, 6) is 0. The number of piperazine rings is 1. The maximum absolute atomic E-state index is 12.2. The van der Waals surface area contributed by atoms with E-state index >= 15 is 0 Å². The van der Waals surface area contributed by atoms with Gasteiger partial charge in [-0.2, -0.15) is 0 Å². The van der Waals surface area contributed by atoms with Crippen molar-refractivity contribution in [2.45, 2.75) is 20.0 Å². The molecule has 2 amide bonds. The smallest absolute Gasteiger partial charge is 0.317 e. The van der Waals surface area contributed by atoms with Gasteiger partial charge in [0.2, 0.25) is 0 Å². The van der Waals surface area contributed by atoms with Crippen molar-refractivity contribution >= 4 is 17.4 Å². The van der Waals surface area contributed by atoms with Gasteiger partial charge >= 0.3 is 6.03 Å². The third kappa shape index (κ3) is 4.56. The third-order valence-electron chi connectivity index (χ3n) is 4.12. The number of carbonyl (C=O) groups is 1. The number of carbonyl (C=O) groups excluding carboxylic acids is 1. The monoisotopic (exact) mass is 329 g/mol. The summed E-state index contributed by atoms with van der Waals surface area (Å²) >= 11 is 1.74. The van der Waals surface area contributed by atoms with E-state index in [1.165, 1.54) is 15.3 Å². The number of nitrogens with zero attached hydrogens (tertiary/aromatic N) is 2. The van der Waals surface area contributed by atoms with Crippen LogP contribution in [0.1, 0.15) is 15.3 Å². The molecule has 3 rings (SSSR count). The zero-order valence-corrected chi connectivity index (χ0v) is 14.3. The van der Waals surface area contributed by atoms with Gasteiger partial charge in [0.25, 0.3) is 0 Å². The first kappa shape index (κ1) is 16.0. The van der Waals surface area contributed by atoms with E-state index in [0.29, 0.717) is 6.54 Å². The fourth-order valence-electron chi connectivity index (χ4n) is 2.81. The van der Waals surface area contributed by atoms with Gasteiger partial charge in [-0.1, -0.05) is 30.3 Å². The number of hydrogen-bond donors (Lipinski definition) is 1. The SMILES string of the molecule is Cc1ccc(CNC(=O)N2CCN(Cc3ccccc3)CC2)s1. The molecule has 1 aromatic heterocycles. The van der Waals surface area contributed by atoms with Crippen LogP contribution in [0.2, 0.25) is 0 Å². The van der Waals surface area contributed by atoms with Crippen LogP contribution in [-0.2, 0) is 13.1 Å². The molecule has 2 heterocycles. The van der Waals surface area contributed by atoms with Crippen LogP contribution in [0.25, 0.3) is 0 Å². The molecule has 1 fully saturated rings. The lowest BCUT2D eigenvalue weighted by Gasteiger charge is -2.34. The van der Waals surface area contributed by atoms with E-state index in [1.807, 2.05) is 11.0 Å². The van der Waals surface area contributed by atoms with E-state index in [1.54, 1.807) is 11.3 Å². The largest absolute Gasteiger partial charge is 0.333 e. The molecule has 0 bridgehead atoms. The quantitative estimate of drug-likeness (QED) is 0.936. The van der Waals surface area contributed by atoms with Gasteiger partial charge in [0.1, 0.15) is 0 Å². The van der Waals surface area contributed by atoms with Crippen LogP contribution >= 0.6 is 11.3 Å². The third-order valence-corrected chi connectivity index (χ3v) is 5.12. The van der Waals surface area contributed by atoms with Crippen molar-refractivity contribution in [1.82, 2.24) is 15.1 Å². The lowest BCUT2D eigenvalue weighted by Crippen LogP contribution is -2.51. The molecule has 2 aromatic rings. The standard InChI is InChI=1S/C18H23N3OS/c1-15-7-8-17(23-15)13-19-18(22)21-11-9-20(10-12-21)14-16-5-3-2-4-6-16/h2-8H,9-14H2,1H3,(H,19,22). The van der Waals surface area contributed by atoms with Crippen molar-refractivity contribution in [2.24, 2.45) is 0 Å². The molecule has 1 aromatic carbocycles. The number of benzene rings is 1. The van der Waals surface area contributed by atoms with Gasteiger partial charge in [-0.05, 0) is 24.6 Å². The Morgan fingerprint density at radius 3 is 2.48 bits per heavy atom. The summed E-state index contributed by atoms with van der Waals surface area (Å²) in [6.07, 6.45) is 0. The fraction of sp³-hybridized carbons (Fsp3) is 0.389. The van der Waals surface area contributed by atoms with E-state index in [4.69, 9.17) is 0 Å². The highest BCUT2D eigenvalue weighted by molar-refractivity contribution is 7.11. The van der Waals surface area contributed by atoms with Gasteiger partial charge in [-0.15, -0.1) is 11.3 Å². The minimum Gasteiger partial charge on any atom is -0.333 e. The second-order valence-electron chi connectivity index (χ2n) is 5.92. The number of thiophene rings is 1. The van der Waals surface area contributed by atoms with Crippen molar-refractivity contribution in [2.75, 3.05) is 26.2 Å². The highest BCUT2D eigenvalue weighted by atomic mass is 32.1. The minimum atomic E-state index is 0.0513. The Morgan fingerprint density at radius 1 is 1.09 bits per heavy atom. The first-order chi connectivity index (χ1) is 11.2. The molecule has 0 atom stereocenters. The Morgan fingerprint density at radius 2 is 1.83 bits per heavy atom. The van der Waals surface area contributed by atoms with Gasteiger partial charge in [-0.3, -0.25) is 4.90 Å². The molecule has 0 radical (unpaired) electrons. The lowest BCUT2D eigenvalue weighted by atomic mass is 10.2. The minimum absolute atomic E-state index is 0.0513. The van der Waals surface area contributed by atoms with E-state index in [-0.39, 0.29) is 6.03 Å². The summed E-state index contributed by atoms with van der Waals surface area (Å²) < 4.78 is 0. The zero-order valence-electron chi connectivity index (χ0n) is 13.5. The maximum atomic E-state index is 12.2. The van der Waals surface area contributed by atoms with Crippen LogP contribution < -0.4 is 5.32 Å². The molecule has 4 nitrogen and oxygen atoms in total. The average Bonchev–Trinajstić information content (AvgIpc) is 3.00. The predicted octanol–water partition coefficient (Wildman–Crippen LogP) is 3.08. The fourth-order valence-corrected chi connectivity index (χ4v) is 3.64. The number of hydrogen-bond acceptors (Lipinski definition) is 3. The summed E-state index contributed by atoms with van der Waals surface area (Å²) in [6, 6.07) is 14.7. The van der Waals surface area contributed by atoms with Gasteiger partial charge < -0.3 is 10.2 Å². The molecule has 5 heteroatoms. The summed E-state index contributed by atoms with van der Waals surface area (Å²) in [5, 5.41) is 3.03. The normalized spacial score (nSPS) is 15.6. The molecule has 0 spiro atoms. The van der Waals surface area contributed by atoms with Gasteiger partial charge in [0.05, 0.1) is 6.54 Å². The maximum Gasteiger partial charge on any atom is 0.317 e. The van der Waals surface area contributed by atoms with Crippen molar-refractivity contribution in [3.05, 3.63) is 57.8 Å². The van der Waals surface area contributed by atoms with Crippen LogP contribution in [0, 0.1) is 6.92 Å². The van der Waals surface area contributed by atoms with Crippen LogP contribution in [-0.4, -0.2) is 42.0 Å². The molecule has 122 valence electrons. The molecule has 0 saturated carbocycles. The highest BCUT2D eigenvalue weighted by Crippen LogP contribution is 2.15. The summed E-state index contributed by atoms with van der Waals surface area (Å²) in [5.41, 5.74) is 1.33. The number of aryl methyl sites for hydroxylation is 1. The molecule has 1 saturated heterocycles. The molecular formula is C18H23N3OS. The van der Waals surface area contributed by atoms with Crippen molar-refractivity contribution in [3.8, 4) is 0 Å². The number of urea groups is 1. The Hall–Kier alpha value is -1.85. The predicted molar refractivity (Wildman–Crippen MR) is 94.6 cm³/mol. The molecule has 1 aliphatic rings. The van der Waals surface area contributed by atoms with E-state index in [9.17, 15) is 4.79 Å². The topological polar surface area (TPSA) is 35.6 Å². The highest BCUT2D eigenvalue weighted by Gasteiger charge is 2.20. The Kier molecular flexibility index (Phi) is 5.31. The van der Waals surface area contributed by atoms with Gasteiger partial charge in [0.15, 0.2) is 0 Å². The van der Waals surface area contributed by atoms with E-state index in [0.717, 1.165) is 32.7 Å². The van der Waals surface area contributed by atoms with Crippen LogP contribution in [0.3, 0.4) is 0 Å². The Labute approximate surface area is 141 Å². The number of rotatable bonds is 4. The van der Waals surface area contributed by atoms with Gasteiger partial charge in [-0.25, -0.2) is 4.79 Å². The second kappa shape index (κ2) is 7.62. The number of nitrogens with one attached hydrogen (secondary N) is 1. The zero-order chi connectivity index (χ0) is 16.1. The van der Waals surface area contributed by atoms with Crippen LogP contribution in [0.5, 0.6) is 0 Å². The summed E-state index contributed by atoms with van der Waals surface area (Å²) in [6.45, 7) is 7.12. The first-order valence-electron chi connectivity index (χ1n) is 8.05. The van der Waals surface area contributed by atoms with Crippen molar-refractivity contribution in [3.63, 3.8) is 0 Å². The summed E-state index contributed by atoms with van der Waals surface area (Å²) in [7, 11) is 0. The Bertz CT molecular complexity index is 633. The molecular weight excluding hydrogens is 306 g/mol. The Balaban J connectivity index is 1.42. The van der Waals surface area contributed by atoms with Crippen LogP contribution in [0.15, 0.2) is 42.5 Å². The van der Waals surface area contributed by atoms with Crippen molar-refractivity contribution in [1.29, 1.82) is 0 Å². The van der Waals surface area contributed by atoms with Gasteiger partial charge in [0, 0.05) is 42.5 Å². The molecule has 1 N–H and O–H groups in total. The lowest BCUT2D eigenvalue weighted by molar-refractivity contribution is 0.135. The molecule has 1 aliphatic heterocycles. The average molecular weight is 329 g/mol. The second-order valence-corrected chi connectivity index (χ2v) is 7.29. The molecule has 23 heavy (non-hydrogen) atoms. The van der Waals surface area contributed by atoms with E-state index < -0.39 is 0 Å². The van der Waals surface area contributed by atoms with Crippen LogP contribution in [0.4, 0.5) is 4.79 Å².